The molecule has 2 rings (SSSR count). The fourth-order valence-corrected chi connectivity index (χ4v) is 3.82. The molecule has 0 saturated heterocycles. The first-order valence-electron chi connectivity index (χ1n) is 6.43. The Morgan fingerprint density at radius 2 is 2.14 bits per heavy atom. The summed E-state index contributed by atoms with van der Waals surface area (Å²) < 4.78 is 45.9. The van der Waals surface area contributed by atoms with Crippen LogP contribution < -0.4 is 4.72 Å². The summed E-state index contributed by atoms with van der Waals surface area (Å²) in [7, 11) is -2.56. The van der Waals surface area contributed by atoms with Gasteiger partial charge in [0.05, 0.1) is 11.7 Å². The van der Waals surface area contributed by atoms with Gasteiger partial charge in [0.15, 0.2) is 0 Å². The maximum atomic E-state index is 13.8. The Balaban J connectivity index is 2.25. The first-order valence-corrected chi connectivity index (χ1v) is 7.91. The Hall–Kier alpha value is -1.51. The second-order valence-corrected chi connectivity index (χ2v) is 6.57. The molecule has 1 aliphatic carbocycles. The van der Waals surface area contributed by atoms with Gasteiger partial charge in [-0.1, -0.05) is 0 Å². The van der Waals surface area contributed by atoms with Crippen molar-refractivity contribution in [3.05, 3.63) is 29.6 Å². The van der Waals surface area contributed by atoms with Crippen LogP contribution in [0, 0.1) is 5.82 Å². The summed E-state index contributed by atoms with van der Waals surface area (Å²) in [6.45, 7) is 0. The summed E-state index contributed by atoms with van der Waals surface area (Å²) in [6.07, 6.45) is 1.95. The zero-order valence-electron chi connectivity index (χ0n) is 11.4. The predicted octanol–water partition coefficient (Wildman–Crippen LogP) is 1.37. The first kappa shape index (κ1) is 15.9. The fraction of sp³-hybridized carbons (Fsp3) is 0.462. The minimum atomic E-state index is -4.06. The number of hydrogen-bond acceptors (Lipinski definition) is 4. The van der Waals surface area contributed by atoms with Crippen LogP contribution in [0.4, 0.5) is 4.39 Å². The minimum Gasteiger partial charge on any atom is -0.478 e. The number of nitrogens with one attached hydrogen (secondary N) is 1. The van der Waals surface area contributed by atoms with E-state index in [1.165, 1.54) is 7.11 Å². The van der Waals surface area contributed by atoms with E-state index in [9.17, 15) is 17.6 Å². The van der Waals surface area contributed by atoms with Gasteiger partial charge in [0, 0.05) is 13.2 Å². The van der Waals surface area contributed by atoms with Crippen molar-refractivity contribution in [1.82, 2.24) is 4.72 Å². The lowest BCUT2D eigenvalue weighted by molar-refractivity contribution is 0.0696. The number of methoxy groups -OCH3 is 1. The van der Waals surface area contributed by atoms with Crippen LogP contribution in [-0.4, -0.2) is 38.7 Å². The number of halogens is 1. The molecule has 1 aromatic rings. The van der Waals surface area contributed by atoms with Crippen molar-refractivity contribution in [2.24, 2.45) is 0 Å². The Morgan fingerprint density at radius 3 is 2.71 bits per heavy atom. The molecule has 0 heterocycles. The quantitative estimate of drug-likeness (QED) is 0.855. The van der Waals surface area contributed by atoms with Crippen LogP contribution in [0.15, 0.2) is 23.1 Å². The molecule has 116 valence electrons. The standard InChI is InChI=1S/C13H16FNO5S/c1-20-11-4-2-3-10(11)15-21(18,19)12-6-5-8(13(16)17)7-9(12)14/h5-7,10-11,15H,2-4H2,1H3,(H,16,17). The minimum absolute atomic E-state index is 0.235. The molecule has 2 unspecified atom stereocenters. The van der Waals surface area contributed by atoms with Crippen LogP contribution in [0.5, 0.6) is 0 Å². The Kier molecular flexibility index (Phi) is 4.60. The molecular formula is C13H16FNO5S. The van der Waals surface area contributed by atoms with Crippen molar-refractivity contribution in [2.45, 2.75) is 36.3 Å². The molecule has 8 heteroatoms. The van der Waals surface area contributed by atoms with Crippen LogP contribution >= 0.6 is 0 Å². The van der Waals surface area contributed by atoms with E-state index in [-0.39, 0.29) is 11.7 Å². The number of sulfonamides is 1. The number of carbonyl (C=O) groups is 1. The fourth-order valence-electron chi connectivity index (χ4n) is 2.46. The third kappa shape index (κ3) is 3.39. The maximum absolute atomic E-state index is 13.8. The van der Waals surface area contributed by atoms with Crippen LogP contribution in [0.3, 0.4) is 0 Å². The number of carboxylic acid groups (broad SMARTS) is 1. The predicted molar refractivity (Wildman–Crippen MR) is 72.1 cm³/mol. The topological polar surface area (TPSA) is 92.7 Å². The van der Waals surface area contributed by atoms with Crippen molar-refractivity contribution in [2.75, 3.05) is 7.11 Å². The van der Waals surface area contributed by atoms with E-state index in [0.29, 0.717) is 12.5 Å². The highest BCUT2D eigenvalue weighted by Gasteiger charge is 2.32. The smallest absolute Gasteiger partial charge is 0.335 e. The van der Waals surface area contributed by atoms with E-state index in [1.807, 2.05) is 0 Å². The highest BCUT2D eigenvalue weighted by atomic mass is 32.2. The number of ether oxygens (including phenoxy) is 1. The van der Waals surface area contributed by atoms with E-state index < -0.39 is 32.7 Å². The highest BCUT2D eigenvalue weighted by Crippen LogP contribution is 2.24. The van der Waals surface area contributed by atoms with Gasteiger partial charge in [-0.25, -0.2) is 22.3 Å². The first-order chi connectivity index (χ1) is 9.85. The zero-order chi connectivity index (χ0) is 15.6. The summed E-state index contributed by atoms with van der Waals surface area (Å²) >= 11 is 0. The van der Waals surface area contributed by atoms with E-state index in [4.69, 9.17) is 9.84 Å². The average Bonchev–Trinajstić information content (AvgIpc) is 2.84. The maximum Gasteiger partial charge on any atom is 0.335 e. The number of rotatable bonds is 5. The van der Waals surface area contributed by atoms with Gasteiger partial charge in [-0.15, -0.1) is 0 Å². The highest BCUT2D eigenvalue weighted by molar-refractivity contribution is 7.89. The number of aromatic carboxylic acids is 1. The zero-order valence-corrected chi connectivity index (χ0v) is 12.2. The summed E-state index contributed by atoms with van der Waals surface area (Å²) in [6, 6.07) is 2.30. The molecule has 1 aromatic carbocycles. The van der Waals surface area contributed by atoms with Gasteiger partial charge in [0.1, 0.15) is 10.7 Å². The number of hydrogen-bond donors (Lipinski definition) is 2. The Morgan fingerprint density at radius 1 is 1.43 bits per heavy atom. The second-order valence-electron chi connectivity index (χ2n) is 4.88. The Bertz CT molecular complexity index is 646. The summed E-state index contributed by atoms with van der Waals surface area (Å²) in [5.41, 5.74) is -0.304. The molecule has 0 spiro atoms. The van der Waals surface area contributed by atoms with Crippen molar-refractivity contribution in [1.29, 1.82) is 0 Å². The summed E-state index contributed by atoms with van der Waals surface area (Å²) in [5.74, 6) is -2.41. The van der Waals surface area contributed by atoms with Gasteiger partial charge in [0.2, 0.25) is 10.0 Å². The normalized spacial score (nSPS) is 22.4. The van der Waals surface area contributed by atoms with Gasteiger partial charge in [0.25, 0.3) is 0 Å². The van der Waals surface area contributed by atoms with E-state index in [2.05, 4.69) is 4.72 Å². The van der Waals surface area contributed by atoms with E-state index >= 15 is 0 Å². The average molecular weight is 317 g/mol. The molecule has 0 amide bonds. The molecule has 21 heavy (non-hydrogen) atoms. The molecule has 1 fully saturated rings. The molecule has 6 nitrogen and oxygen atoms in total. The lowest BCUT2D eigenvalue weighted by atomic mass is 10.2. The van der Waals surface area contributed by atoms with Crippen molar-refractivity contribution >= 4 is 16.0 Å². The molecule has 0 aliphatic heterocycles. The molecular weight excluding hydrogens is 301 g/mol. The third-order valence-electron chi connectivity index (χ3n) is 3.53. The van der Waals surface area contributed by atoms with Crippen molar-refractivity contribution in [3.63, 3.8) is 0 Å². The number of benzene rings is 1. The van der Waals surface area contributed by atoms with E-state index in [1.54, 1.807) is 0 Å². The SMILES string of the molecule is COC1CCCC1NS(=O)(=O)c1ccc(C(=O)O)cc1F. The molecule has 1 saturated carbocycles. The molecule has 0 radical (unpaired) electrons. The van der Waals surface area contributed by atoms with Gasteiger partial charge < -0.3 is 9.84 Å². The molecule has 0 bridgehead atoms. The number of carboxylic acids is 1. The van der Waals surface area contributed by atoms with Crippen LogP contribution in [0.25, 0.3) is 0 Å². The largest absolute Gasteiger partial charge is 0.478 e. The summed E-state index contributed by atoms with van der Waals surface area (Å²) in [4.78, 5) is 10.2. The van der Waals surface area contributed by atoms with Gasteiger partial charge in [-0.05, 0) is 37.5 Å². The van der Waals surface area contributed by atoms with Gasteiger partial charge in [-0.3, -0.25) is 0 Å². The monoisotopic (exact) mass is 317 g/mol. The van der Waals surface area contributed by atoms with Crippen molar-refractivity contribution < 1.29 is 27.4 Å². The van der Waals surface area contributed by atoms with Gasteiger partial charge >= 0.3 is 5.97 Å². The lowest BCUT2D eigenvalue weighted by Crippen LogP contribution is -2.40. The van der Waals surface area contributed by atoms with Crippen LogP contribution in [-0.2, 0) is 14.8 Å². The van der Waals surface area contributed by atoms with Gasteiger partial charge in [-0.2, -0.15) is 0 Å². The molecule has 1 aliphatic rings. The Labute approximate surface area is 122 Å². The molecule has 0 aromatic heterocycles. The van der Waals surface area contributed by atoms with Crippen molar-refractivity contribution in [3.8, 4) is 0 Å². The second kappa shape index (κ2) is 6.08. The lowest BCUT2D eigenvalue weighted by Gasteiger charge is -2.19. The van der Waals surface area contributed by atoms with Crippen LogP contribution in [0.2, 0.25) is 0 Å². The van der Waals surface area contributed by atoms with Crippen LogP contribution in [0.1, 0.15) is 29.6 Å². The molecule has 2 atom stereocenters. The third-order valence-corrected chi connectivity index (χ3v) is 5.05. The molecule has 2 N–H and O–H groups in total. The summed E-state index contributed by atoms with van der Waals surface area (Å²) in [5, 5.41) is 8.75. The van der Waals surface area contributed by atoms with E-state index in [0.717, 1.165) is 25.0 Å².